The fraction of sp³-hybridized carbons (Fsp3) is 0.238. The van der Waals surface area contributed by atoms with Crippen molar-refractivity contribution in [2.75, 3.05) is 5.32 Å². The van der Waals surface area contributed by atoms with Crippen LogP contribution in [-0.4, -0.2) is 15.8 Å². The van der Waals surface area contributed by atoms with Crippen LogP contribution in [0.4, 0.5) is 10.8 Å². The number of anilines is 1. The predicted molar refractivity (Wildman–Crippen MR) is 109 cm³/mol. The molecular formula is C21H19N3O3S. The third kappa shape index (κ3) is 3.66. The summed E-state index contributed by atoms with van der Waals surface area (Å²) in [5.74, 6) is 0.101. The zero-order chi connectivity index (χ0) is 19.7. The molecule has 1 atom stereocenters. The van der Waals surface area contributed by atoms with E-state index in [-0.39, 0.29) is 11.6 Å². The molecule has 0 radical (unpaired) electrons. The number of benzene rings is 2. The van der Waals surface area contributed by atoms with Crippen LogP contribution >= 0.6 is 11.3 Å². The lowest BCUT2D eigenvalue weighted by Gasteiger charge is -2.21. The molecule has 0 spiro atoms. The van der Waals surface area contributed by atoms with Crippen LogP contribution < -0.4 is 5.32 Å². The average molecular weight is 393 g/mol. The molecule has 1 heterocycles. The highest BCUT2D eigenvalue weighted by atomic mass is 32.1. The third-order valence-corrected chi connectivity index (χ3v) is 6.14. The van der Waals surface area contributed by atoms with E-state index < -0.39 is 4.92 Å². The normalized spacial score (nSPS) is 15.7. The van der Waals surface area contributed by atoms with E-state index in [1.54, 1.807) is 13.0 Å². The highest BCUT2D eigenvalue weighted by Crippen LogP contribution is 2.37. The van der Waals surface area contributed by atoms with Gasteiger partial charge in [0.2, 0.25) is 0 Å². The number of nitrogens with zero attached hydrogens (tertiary/aromatic N) is 2. The third-order valence-electron chi connectivity index (χ3n) is 5.11. The number of amides is 1. The number of fused-ring (bicyclic) bond motifs is 1. The van der Waals surface area contributed by atoms with Gasteiger partial charge in [-0.05, 0) is 43.2 Å². The van der Waals surface area contributed by atoms with E-state index in [0.717, 1.165) is 25.0 Å². The molecule has 0 aliphatic heterocycles. The van der Waals surface area contributed by atoms with E-state index in [1.165, 1.54) is 33.9 Å². The van der Waals surface area contributed by atoms with E-state index in [2.05, 4.69) is 34.6 Å². The van der Waals surface area contributed by atoms with Crippen molar-refractivity contribution in [3.8, 4) is 0 Å². The topological polar surface area (TPSA) is 85.1 Å². The smallest absolute Gasteiger partial charge is 0.270 e. The summed E-state index contributed by atoms with van der Waals surface area (Å²) in [5, 5.41) is 14.4. The lowest BCUT2D eigenvalue weighted by molar-refractivity contribution is -0.384. The first kappa shape index (κ1) is 18.3. The van der Waals surface area contributed by atoms with E-state index in [0.29, 0.717) is 22.2 Å². The first-order chi connectivity index (χ1) is 13.5. The molecule has 1 aromatic heterocycles. The number of hydrogen-bond donors (Lipinski definition) is 1. The van der Waals surface area contributed by atoms with Crippen molar-refractivity contribution in [1.82, 2.24) is 4.98 Å². The molecule has 1 N–H and O–H groups in total. The molecule has 1 amide bonds. The van der Waals surface area contributed by atoms with Gasteiger partial charge >= 0.3 is 0 Å². The zero-order valence-corrected chi connectivity index (χ0v) is 16.2. The van der Waals surface area contributed by atoms with E-state index in [4.69, 9.17) is 0 Å². The molecule has 6 nitrogen and oxygen atoms in total. The van der Waals surface area contributed by atoms with Gasteiger partial charge in [-0.15, -0.1) is 11.3 Å². The van der Waals surface area contributed by atoms with Crippen LogP contribution in [0.5, 0.6) is 0 Å². The Labute approximate surface area is 166 Å². The van der Waals surface area contributed by atoms with Gasteiger partial charge in [-0.1, -0.05) is 36.4 Å². The Hall–Kier alpha value is -3.06. The van der Waals surface area contributed by atoms with E-state index >= 15 is 0 Å². The van der Waals surface area contributed by atoms with Crippen LogP contribution in [0.2, 0.25) is 0 Å². The van der Waals surface area contributed by atoms with Crippen molar-refractivity contribution >= 4 is 28.1 Å². The van der Waals surface area contributed by atoms with E-state index in [1.807, 2.05) is 6.07 Å². The zero-order valence-electron chi connectivity index (χ0n) is 15.3. The predicted octanol–water partition coefficient (Wildman–Crippen LogP) is 4.88. The number of carbonyl (C=O) groups is 1. The van der Waals surface area contributed by atoms with Crippen LogP contribution in [-0.2, 0) is 12.8 Å². The Kier molecular flexibility index (Phi) is 4.92. The number of carbonyl (C=O) groups excluding carboxylic acids is 1. The molecule has 7 heteroatoms. The highest BCUT2D eigenvalue weighted by molar-refractivity contribution is 7.15. The molecule has 1 aliphatic carbocycles. The van der Waals surface area contributed by atoms with Gasteiger partial charge in [-0.2, -0.15) is 0 Å². The molecule has 0 saturated heterocycles. The monoisotopic (exact) mass is 393 g/mol. The molecule has 0 saturated carbocycles. The number of aromatic nitrogens is 1. The molecule has 0 bridgehead atoms. The minimum absolute atomic E-state index is 0.0973. The second-order valence-electron chi connectivity index (χ2n) is 6.95. The van der Waals surface area contributed by atoms with Gasteiger partial charge in [0.1, 0.15) is 0 Å². The maximum atomic E-state index is 12.6. The molecule has 28 heavy (non-hydrogen) atoms. The van der Waals surface area contributed by atoms with Gasteiger partial charge in [0, 0.05) is 22.6 Å². The SMILES string of the molecule is Cc1ccc([N+](=O)[O-])cc1C(=O)Nc1nc2c(s1)CC(c1ccccc1)CC2. The number of nitro benzene ring substituents is 1. The van der Waals surface area contributed by atoms with Gasteiger partial charge in [-0.25, -0.2) is 4.98 Å². The van der Waals surface area contributed by atoms with Crippen molar-refractivity contribution in [3.05, 3.63) is 85.9 Å². The van der Waals surface area contributed by atoms with Crippen molar-refractivity contribution in [3.63, 3.8) is 0 Å². The number of aryl methyl sites for hydroxylation is 2. The Balaban J connectivity index is 1.52. The fourth-order valence-corrected chi connectivity index (χ4v) is 4.65. The summed E-state index contributed by atoms with van der Waals surface area (Å²) in [6.45, 7) is 1.76. The van der Waals surface area contributed by atoms with Crippen molar-refractivity contribution in [2.45, 2.75) is 32.1 Å². The minimum Gasteiger partial charge on any atom is -0.298 e. The number of nitro groups is 1. The Morgan fingerprint density at radius 3 is 2.79 bits per heavy atom. The summed E-state index contributed by atoms with van der Waals surface area (Å²) < 4.78 is 0. The van der Waals surface area contributed by atoms with E-state index in [9.17, 15) is 14.9 Å². The summed E-state index contributed by atoms with van der Waals surface area (Å²) >= 11 is 1.50. The highest BCUT2D eigenvalue weighted by Gasteiger charge is 2.24. The number of nitrogens with one attached hydrogen (secondary N) is 1. The van der Waals surface area contributed by atoms with Gasteiger partial charge in [0.25, 0.3) is 11.6 Å². The Morgan fingerprint density at radius 1 is 1.25 bits per heavy atom. The van der Waals surface area contributed by atoms with Crippen LogP contribution in [0.1, 0.15) is 44.4 Å². The molecule has 4 rings (SSSR count). The summed E-state index contributed by atoms with van der Waals surface area (Å²) in [6.07, 6.45) is 2.85. The molecule has 1 aliphatic rings. The average Bonchev–Trinajstić information content (AvgIpc) is 3.10. The lowest BCUT2D eigenvalue weighted by atomic mass is 9.85. The summed E-state index contributed by atoms with van der Waals surface area (Å²) in [4.78, 5) is 28.9. The lowest BCUT2D eigenvalue weighted by Crippen LogP contribution is -2.14. The summed E-state index contributed by atoms with van der Waals surface area (Å²) in [5.41, 5.74) is 3.26. The molecule has 142 valence electrons. The molecular weight excluding hydrogens is 374 g/mol. The maximum Gasteiger partial charge on any atom is 0.270 e. The summed E-state index contributed by atoms with van der Waals surface area (Å²) in [6, 6.07) is 14.8. The fourth-order valence-electron chi connectivity index (χ4n) is 3.57. The van der Waals surface area contributed by atoms with Crippen LogP contribution in [0.25, 0.3) is 0 Å². The van der Waals surface area contributed by atoms with Crippen LogP contribution in [0.3, 0.4) is 0 Å². The Morgan fingerprint density at radius 2 is 2.04 bits per heavy atom. The largest absolute Gasteiger partial charge is 0.298 e. The van der Waals surface area contributed by atoms with Crippen molar-refractivity contribution < 1.29 is 9.72 Å². The standard InChI is InChI=1S/C21H19N3O3S/c1-13-7-9-16(24(26)27)12-17(13)20(25)23-21-22-18-10-8-15(11-19(18)28-21)14-5-3-2-4-6-14/h2-7,9,12,15H,8,10-11H2,1H3,(H,22,23,25). The molecule has 1 unspecified atom stereocenters. The first-order valence-corrected chi connectivity index (χ1v) is 9.93. The summed E-state index contributed by atoms with van der Waals surface area (Å²) in [7, 11) is 0. The van der Waals surface area contributed by atoms with Gasteiger partial charge < -0.3 is 0 Å². The second kappa shape index (κ2) is 7.52. The van der Waals surface area contributed by atoms with Crippen molar-refractivity contribution in [1.29, 1.82) is 0 Å². The van der Waals surface area contributed by atoms with Crippen LogP contribution in [0, 0.1) is 17.0 Å². The maximum absolute atomic E-state index is 12.6. The van der Waals surface area contributed by atoms with Gasteiger partial charge in [-0.3, -0.25) is 20.2 Å². The van der Waals surface area contributed by atoms with Crippen molar-refractivity contribution in [2.24, 2.45) is 0 Å². The molecule has 2 aromatic carbocycles. The van der Waals surface area contributed by atoms with Gasteiger partial charge in [0.05, 0.1) is 10.6 Å². The number of hydrogen-bond acceptors (Lipinski definition) is 5. The second-order valence-corrected chi connectivity index (χ2v) is 8.03. The number of thiazole rings is 1. The van der Waals surface area contributed by atoms with Gasteiger partial charge in [0.15, 0.2) is 5.13 Å². The number of rotatable bonds is 4. The minimum atomic E-state index is -0.498. The molecule has 0 fully saturated rings. The van der Waals surface area contributed by atoms with Crippen LogP contribution in [0.15, 0.2) is 48.5 Å². The number of non-ortho nitro benzene ring substituents is 1. The quantitative estimate of drug-likeness (QED) is 0.505. The Bertz CT molecular complexity index is 1050. The first-order valence-electron chi connectivity index (χ1n) is 9.11. The molecule has 3 aromatic rings.